The highest BCUT2D eigenvalue weighted by Crippen LogP contribution is 2.57. The molecule has 4 rings (SSSR count). The van der Waals surface area contributed by atoms with E-state index >= 15 is 0 Å². The van der Waals surface area contributed by atoms with Crippen LogP contribution >= 0.6 is 31.9 Å². The number of ether oxygens (including phenoxy) is 1. The Bertz CT molecular complexity index is 1060. The van der Waals surface area contributed by atoms with Gasteiger partial charge in [0.1, 0.15) is 10.8 Å². The third kappa shape index (κ3) is 2.97. The number of esters is 1. The minimum atomic E-state index is -3.85. The number of β-lactam (4-membered cyclic amide) rings is 1. The van der Waals surface area contributed by atoms with Gasteiger partial charge >= 0.3 is 5.97 Å². The molecular weight excluding hydrogens is 538 g/mol. The van der Waals surface area contributed by atoms with Crippen molar-refractivity contribution >= 4 is 53.6 Å². The highest BCUT2D eigenvalue weighted by molar-refractivity contribution is 9.26. The van der Waals surface area contributed by atoms with Crippen LogP contribution in [0.3, 0.4) is 0 Å². The van der Waals surface area contributed by atoms with Crippen molar-refractivity contribution in [3.05, 3.63) is 71.8 Å². The number of hydrogen-bond donors (Lipinski definition) is 0. The summed E-state index contributed by atoms with van der Waals surface area (Å²) in [6.45, 7) is 2.91. The number of amides is 1. The van der Waals surface area contributed by atoms with Gasteiger partial charge in [0.05, 0.1) is 0 Å². The van der Waals surface area contributed by atoms with Crippen molar-refractivity contribution in [2.75, 3.05) is 0 Å². The summed E-state index contributed by atoms with van der Waals surface area (Å²) in [5, 5.41) is -1.18. The Morgan fingerprint density at radius 3 is 1.93 bits per heavy atom. The number of carbonyl (C=O) groups excluding carboxylic acids is 2. The van der Waals surface area contributed by atoms with Crippen LogP contribution in [0, 0.1) is 0 Å². The Labute approximate surface area is 191 Å². The van der Waals surface area contributed by atoms with Crippen molar-refractivity contribution in [3.63, 3.8) is 0 Å². The van der Waals surface area contributed by atoms with Gasteiger partial charge in [-0.2, -0.15) is 0 Å². The summed E-state index contributed by atoms with van der Waals surface area (Å²) in [6, 6.07) is 17.1. The van der Waals surface area contributed by atoms with E-state index in [1.807, 2.05) is 60.7 Å². The van der Waals surface area contributed by atoms with Crippen LogP contribution in [0.2, 0.25) is 0 Å². The molecule has 2 aliphatic heterocycles. The van der Waals surface area contributed by atoms with E-state index in [1.165, 1.54) is 13.8 Å². The summed E-state index contributed by atoms with van der Waals surface area (Å²) in [5.41, 5.74) is 1.50. The summed E-state index contributed by atoms with van der Waals surface area (Å²) >= 11 is 6.32. The molecule has 2 saturated heterocycles. The first-order valence-corrected chi connectivity index (χ1v) is 12.4. The minimum Gasteiger partial charge on any atom is -0.451 e. The second-order valence-electron chi connectivity index (χ2n) is 7.88. The lowest BCUT2D eigenvalue weighted by Gasteiger charge is -2.45. The number of fused-ring (bicyclic) bond motifs is 1. The molecule has 0 saturated carbocycles. The van der Waals surface area contributed by atoms with Crippen LogP contribution in [0.1, 0.15) is 31.1 Å². The van der Waals surface area contributed by atoms with Crippen LogP contribution in [0.5, 0.6) is 0 Å². The number of rotatable bonds is 4. The Morgan fingerprint density at radius 1 is 1.00 bits per heavy atom. The van der Waals surface area contributed by atoms with E-state index in [2.05, 4.69) is 31.9 Å². The molecule has 0 N–H and O–H groups in total. The van der Waals surface area contributed by atoms with Crippen molar-refractivity contribution in [1.29, 1.82) is 0 Å². The van der Waals surface area contributed by atoms with E-state index in [0.29, 0.717) is 0 Å². The standard InChI is InChI=1S/C21H19Br2NO5S/c1-20(2)16(24-18(26)21(22,23)19(24)30(20,27)28)17(25)29-15(13-9-5-3-6-10-13)14-11-7-4-8-12-14/h3-12,15-16,19H,1-2H3/t16-,19?/m0/s1. The summed E-state index contributed by atoms with van der Waals surface area (Å²) < 4.78 is 29.2. The molecule has 9 heteroatoms. The molecule has 0 radical (unpaired) electrons. The fraction of sp³-hybridized carbons (Fsp3) is 0.333. The molecule has 2 atom stereocenters. The summed E-state index contributed by atoms with van der Waals surface area (Å²) in [6.07, 6.45) is -0.730. The lowest BCUT2D eigenvalue weighted by atomic mass is 9.97. The van der Waals surface area contributed by atoms with Crippen molar-refractivity contribution in [1.82, 2.24) is 4.90 Å². The van der Waals surface area contributed by atoms with Gasteiger partial charge in [-0.3, -0.25) is 4.79 Å². The first-order chi connectivity index (χ1) is 14.0. The van der Waals surface area contributed by atoms with Gasteiger partial charge in [-0.25, -0.2) is 13.2 Å². The van der Waals surface area contributed by atoms with Crippen LogP contribution in [-0.4, -0.2) is 44.6 Å². The SMILES string of the molecule is CC1(C)[C@H](C(=O)OC(c2ccccc2)c2ccccc2)N2C(=O)C(Br)(Br)C2S1(=O)=O. The number of hydrogen-bond acceptors (Lipinski definition) is 5. The maximum Gasteiger partial charge on any atom is 0.331 e. The molecule has 0 bridgehead atoms. The number of nitrogens with zero attached hydrogens (tertiary/aromatic N) is 1. The Balaban J connectivity index is 1.72. The van der Waals surface area contributed by atoms with Crippen molar-refractivity contribution in [3.8, 4) is 0 Å². The molecule has 0 aromatic heterocycles. The third-order valence-corrected chi connectivity index (χ3v) is 10.7. The van der Waals surface area contributed by atoms with E-state index < -0.39 is 47.2 Å². The van der Waals surface area contributed by atoms with Crippen molar-refractivity contribution in [2.24, 2.45) is 0 Å². The van der Waals surface area contributed by atoms with Crippen molar-refractivity contribution < 1.29 is 22.7 Å². The monoisotopic (exact) mass is 555 g/mol. The lowest BCUT2D eigenvalue weighted by molar-refractivity contribution is -0.164. The van der Waals surface area contributed by atoms with Gasteiger partial charge in [0.2, 0.25) is 0 Å². The number of alkyl halides is 2. The summed E-state index contributed by atoms with van der Waals surface area (Å²) in [4.78, 5) is 27.1. The van der Waals surface area contributed by atoms with Crippen molar-refractivity contribution in [2.45, 2.75) is 39.3 Å². The molecule has 0 aliphatic carbocycles. The van der Waals surface area contributed by atoms with Gasteiger partial charge in [-0.1, -0.05) is 92.5 Å². The van der Waals surface area contributed by atoms with Crippen LogP contribution in [0.15, 0.2) is 60.7 Å². The molecular formula is C21H19Br2NO5S. The molecule has 1 amide bonds. The highest BCUT2D eigenvalue weighted by atomic mass is 79.9. The van der Waals surface area contributed by atoms with Crippen LogP contribution in [0.25, 0.3) is 0 Å². The average Bonchev–Trinajstić information content (AvgIpc) is 2.88. The zero-order valence-corrected chi connectivity index (χ0v) is 20.1. The molecule has 30 heavy (non-hydrogen) atoms. The van der Waals surface area contributed by atoms with E-state index in [0.717, 1.165) is 16.0 Å². The smallest absolute Gasteiger partial charge is 0.331 e. The topological polar surface area (TPSA) is 80.8 Å². The molecule has 0 spiro atoms. The second kappa shape index (κ2) is 7.17. The fourth-order valence-corrected chi connectivity index (χ4v) is 8.46. The first-order valence-electron chi connectivity index (χ1n) is 9.25. The van der Waals surface area contributed by atoms with Gasteiger partial charge in [0.15, 0.2) is 24.5 Å². The predicted octanol–water partition coefficient (Wildman–Crippen LogP) is 3.55. The quantitative estimate of drug-likeness (QED) is 0.327. The Morgan fingerprint density at radius 2 is 1.47 bits per heavy atom. The minimum absolute atomic E-state index is 0.514. The Kier molecular flexibility index (Phi) is 5.14. The molecule has 6 nitrogen and oxygen atoms in total. The second-order valence-corrected chi connectivity index (χ2v) is 14.0. The molecule has 2 aromatic carbocycles. The summed E-state index contributed by atoms with van der Waals surface area (Å²) in [5.74, 6) is -1.27. The highest BCUT2D eigenvalue weighted by Gasteiger charge is 2.77. The number of carbonyl (C=O) groups is 2. The number of halogens is 2. The van der Waals surface area contributed by atoms with E-state index in [9.17, 15) is 18.0 Å². The molecule has 158 valence electrons. The molecule has 1 unspecified atom stereocenters. The fourth-order valence-electron chi connectivity index (χ4n) is 4.03. The zero-order valence-electron chi connectivity index (χ0n) is 16.2. The normalized spacial score (nSPS) is 25.5. The van der Waals surface area contributed by atoms with E-state index in [-0.39, 0.29) is 0 Å². The van der Waals surface area contributed by atoms with Gasteiger partial charge < -0.3 is 9.64 Å². The molecule has 2 fully saturated rings. The Hall–Kier alpha value is -1.71. The predicted molar refractivity (Wildman–Crippen MR) is 119 cm³/mol. The van der Waals surface area contributed by atoms with Gasteiger partial charge in [0, 0.05) is 0 Å². The van der Waals surface area contributed by atoms with Gasteiger partial charge in [-0.15, -0.1) is 0 Å². The van der Waals surface area contributed by atoms with Crippen LogP contribution in [-0.2, 0) is 24.2 Å². The maximum atomic E-state index is 13.3. The molecule has 2 aromatic rings. The first kappa shape index (κ1) is 21.5. The van der Waals surface area contributed by atoms with E-state index in [1.54, 1.807) is 0 Å². The molecule has 2 heterocycles. The van der Waals surface area contributed by atoms with E-state index in [4.69, 9.17) is 4.74 Å². The lowest BCUT2D eigenvalue weighted by Crippen LogP contribution is -2.69. The van der Waals surface area contributed by atoms with Gasteiger partial charge in [-0.05, 0) is 25.0 Å². The molecule has 2 aliphatic rings. The third-order valence-electron chi connectivity index (χ3n) is 5.71. The number of sulfone groups is 1. The van der Waals surface area contributed by atoms with Crippen LogP contribution in [0.4, 0.5) is 0 Å². The zero-order chi connectivity index (χ0) is 21.9. The number of benzene rings is 2. The maximum absolute atomic E-state index is 13.3. The average molecular weight is 557 g/mol. The largest absolute Gasteiger partial charge is 0.451 e. The van der Waals surface area contributed by atoms with Gasteiger partial charge in [0.25, 0.3) is 5.91 Å². The van der Waals surface area contributed by atoms with Crippen LogP contribution < -0.4 is 0 Å². The summed E-state index contributed by atoms with van der Waals surface area (Å²) in [7, 11) is -3.85.